The molecule has 6 heteroatoms. The van der Waals surface area contributed by atoms with Crippen LogP contribution >= 0.6 is 0 Å². The van der Waals surface area contributed by atoms with Crippen molar-refractivity contribution in [3.63, 3.8) is 0 Å². The van der Waals surface area contributed by atoms with Gasteiger partial charge in [0.25, 0.3) is 0 Å². The number of ether oxygens (including phenoxy) is 2. The largest absolute Gasteiger partial charge is 0.490 e. The molecule has 148 valence electrons. The van der Waals surface area contributed by atoms with Crippen molar-refractivity contribution in [2.45, 2.75) is 33.6 Å². The molecule has 1 aromatic carbocycles. The first kappa shape index (κ1) is 22.1. The summed E-state index contributed by atoms with van der Waals surface area (Å²) in [4.78, 5) is 6.80. The van der Waals surface area contributed by atoms with E-state index in [-0.39, 0.29) is 0 Å². The second-order valence-electron chi connectivity index (χ2n) is 6.24. The number of aliphatic imine (C=N–C) groups is 1. The monoisotopic (exact) mass is 364 g/mol. The van der Waals surface area contributed by atoms with Crippen LogP contribution in [0.15, 0.2) is 23.2 Å². The molecule has 0 radical (unpaired) electrons. The van der Waals surface area contributed by atoms with Crippen LogP contribution in [-0.4, -0.2) is 64.3 Å². The Bertz CT molecular complexity index is 533. The molecule has 0 aliphatic carbocycles. The van der Waals surface area contributed by atoms with E-state index in [4.69, 9.17) is 9.47 Å². The van der Waals surface area contributed by atoms with Crippen LogP contribution in [0, 0.1) is 0 Å². The van der Waals surface area contributed by atoms with Crippen molar-refractivity contribution in [3.05, 3.63) is 23.8 Å². The Hall–Kier alpha value is -1.95. The molecule has 0 heterocycles. The molecule has 0 aliphatic heterocycles. The molecule has 0 unspecified atom stereocenters. The Kier molecular flexibility index (Phi) is 11.3. The van der Waals surface area contributed by atoms with Gasteiger partial charge in [-0.25, -0.2) is 0 Å². The van der Waals surface area contributed by atoms with Crippen LogP contribution < -0.4 is 20.1 Å². The van der Waals surface area contributed by atoms with E-state index in [2.05, 4.69) is 53.7 Å². The Morgan fingerprint density at radius 3 is 2.42 bits per heavy atom. The van der Waals surface area contributed by atoms with Gasteiger partial charge in [-0.05, 0) is 71.9 Å². The average Bonchev–Trinajstić information content (AvgIpc) is 2.61. The van der Waals surface area contributed by atoms with Crippen molar-refractivity contribution in [3.8, 4) is 11.5 Å². The molecular weight excluding hydrogens is 328 g/mol. The summed E-state index contributed by atoms with van der Waals surface area (Å²) in [6, 6.07) is 6.15. The summed E-state index contributed by atoms with van der Waals surface area (Å²) < 4.78 is 11.3. The van der Waals surface area contributed by atoms with Gasteiger partial charge >= 0.3 is 0 Å². The number of benzene rings is 1. The van der Waals surface area contributed by atoms with Gasteiger partial charge in [-0.15, -0.1) is 0 Å². The second-order valence-corrected chi connectivity index (χ2v) is 6.24. The van der Waals surface area contributed by atoms with Crippen molar-refractivity contribution in [1.29, 1.82) is 0 Å². The zero-order valence-electron chi connectivity index (χ0n) is 17.1. The summed E-state index contributed by atoms with van der Waals surface area (Å²) in [5.74, 6) is 2.50. The molecular formula is C20H36N4O2. The number of guanidine groups is 1. The number of hydrogen-bond donors (Lipinski definition) is 2. The van der Waals surface area contributed by atoms with E-state index >= 15 is 0 Å². The summed E-state index contributed by atoms with van der Waals surface area (Å²) in [5, 5.41) is 6.70. The minimum absolute atomic E-state index is 0.631. The summed E-state index contributed by atoms with van der Waals surface area (Å²) in [6.45, 7) is 10.9. The van der Waals surface area contributed by atoms with Gasteiger partial charge < -0.3 is 25.0 Å². The zero-order valence-corrected chi connectivity index (χ0v) is 17.1. The first-order chi connectivity index (χ1) is 12.6. The van der Waals surface area contributed by atoms with E-state index in [1.54, 1.807) is 0 Å². The molecule has 0 atom stereocenters. The van der Waals surface area contributed by atoms with Crippen LogP contribution in [0.2, 0.25) is 0 Å². The number of rotatable bonds is 12. The highest BCUT2D eigenvalue weighted by atomic mass is 16.5. The minimum atomic E-state index is 0.631. The quantitative estimate of drug-likeness (QED) is 0.339. The van der Waals surface area contributed by atoms with Crippen LogP contribution in [-0.2, 0) is 6.42 Å². The molecule has 0 fully saturated rings. The van der Waals surface area contributed by atoms with E-state index in [9.17, 15) is 0 Å². The molecule has 0 aromatic heterocycles. The SMILES string of the molecule is CCNC(=NCCCN(C)C)NCCc1ccc(OCC)c(OCC)c1. The van der Waals surface area contributed by atoms with Crippen LogP contribution in [0.4, 0.5) is 0 Å². The van der Waals surface area contributed by atoms with E-state index < -0.39 is 0 Å². The molecule has 6 nitrogen and oxygen atoms in total. The number of hydrogen-bond acceptors (Lipinski definition) is 4. The Labute approximate surface area is 159 Å². The van der Waals surface area contributed by atoms with Gasteiger partial charge in [0.05, 0.1) is 13.2 Å². The van der Waals surface area contributed by atoms with Crippen LogP contribution in [0.3, 0.4) is 0 Å². The Morgan fingerprint density at radius 2 is 1.77 bits per heavy atom. The van der Waals surface area contributed by atoms with Crippen molar-refractivity contribution < 1.29 is 9.47 Å². The highest BCUT2D eigenvalue weighted by Gasteiger charge is 2.06. The lowest BCUT2D eigenvalue weighted by Crippen LogP contribution is -2.38. The molecule has 0 aliphatic rings. The lowest BCUT2D eigenvalue weighted by molar-refractivity contribution is 0.287. The fraction of sp³-hybridized carbons (Fsp3) is 0.650. The van der Waals surface area contributed by atoms with Crippen LogP contribution in [0.25, 0.3) is 0 Å². The van der Waals surface area contributed by atoms with Crippen LogP contribution in [0.1, 0.15) is 32.8 Å². The topological polar surface area (TPSA) is 58.1 Å². The number of nitrogens with one attached hydrogen (secondary N) is 2. The maximum Gasteiger partial charge on any atom is 0.191 e. The van der Waals surface area contributed by atoms with Crippen molar-refractivity contribution >= 4 is 5.96 Å². The van der Waals surface area contributed by atoms with Gasteiger partial charge in [0.1, 0.15) is 0 Å². The molecule has 0 saturated carbocycles. The van der Waals surface area contributed by atoms with Gasteiger partial charge in [0.15, 0.2) is 17.5 Å². The fourth-order valence-corrected chi connectivity index (χ4v) is 2.50. The smallest absolute Gasteiger partial charge is 0.191 e. The second kappa shape index (κ2) is 13.3. The fourth-order valence-electron chi connectivity index (χ4n) is 2.50. The van der Waals surface area contributed by atoms with E-state index in [0.717, 1.165) is 56.5 Å². The third kappa shape index (κ3) is 8.94. The molecule has 2 N–H and O–H groups in total. The van der Waals surface area contributed by atoms with Crippen molar-refractivity contribution in [1.82, 2.24) is 15.5 Å². The minimum Gasteiger partial charge on any atom is -0.490 e. The molecule has 0 saturated heterocycles. The maximum atomic E-state index is 5.70. The highest BCUT2D eigenvalue weighted by molar-refractivity contribution is 5.79. The number of nitrogens with zero attached hydrogens (tertiary/aromatic N) is 2. The molecule has 0 bridgehead atoms. The Morgan fingerprint density at radius 1 is 1.04 bits per heavy atom. The van der Waals surface area contributed by atoms with Crippen molar-refractivity contribution in [2.75, 3.05) is 53.5 Å². The normalized spacial score (nSPS) is 11.5. The molecule has 1 rings (SSSR count). The average molecular weight is 365 g/mol. The van der Waals surface area contributed by atoms with Gasteiger partial charge in [-0.1, -0.05) is 6.07 Å². The lowest BCUT2D eigenvalue weighted by atomic mass is 10.1. The highest BCUT2D eigenvalue weighted by Crippen LogP contribution is 2.28. The van der Waals surface area contributed by atoms with Crippen LogP contribution in [0.5, 0.6) is 11.5 Å². The third-order valence-corrected chi connectivity index (χ3v) is 3.69. The summed E-state index contributed by atoms with van der Waals surface area (Å²) >= 11 is 0. The first-order valence-electron chi connectivity index (χ1n) is 9.66. The summed E-state index contributed by atoms with van der Waals surface area (Å²) in [6.07, 6.45) is 1.95. The molecule has 0 spiro atoms. The van der Waals surface area contributed by atoms with E-state index in [0.29, 0.717) is 13.2 Å². The Balaban J connectivity index is 2.54. The third-order valence-electron chi connectivity index (χ3n) is 3.69. The maximum absolute atomic E-state index is 5.70. The molecule has 0 amide bonds. The predicted molar refractivity (Wildman–Crippen MR) is 110 cm³/mol. The van der Waals surface area contributed by atoms with Gasteiger partial charge in [-0.3, -0.25) is 4.99 Å². The summed E-state index contributed by atoms with van der Waals surface area (Å²) in [7, 11) is 4.17. The standard InChI is InChI=1S/C20H36N4O2/c1-6-21-20(22-13-9-15-24(4)5)23-14-12-17-10-11-18(25-7-2)19(16-17)26-8-3/h10-11,16H,6-9,12-15H2,1-5H3,(H2,21,22,23). The van der Waals surface area contributed by atoms with E-state index in [1.807, 2.05) is 19.9 Å². The van der Waals surface area contributed by atoms with Gasteiger partial charge in [-0.2, -0.15) is 0 Å². The summed E-state index contributed by atoms with van der Waals surface area (Å²) in [5.41, 5.74) is 1.22. The first-order valence-corrected chi connectivity index (χ1v) is 9.66. The predicted octanol–water partition coefficient (Wildman–Crippen LogP) is 2.53. The van der Waals surface area contributed by atoms with Crippen molar-refractivity contribution in [2.24, 2.45) is 4.99 Å². The zero-order chi connectivity index (χ0) is 19.2. The molecule has 1 aromatic rings. The van der Waals surface area contributed by atoms with Gasteiger partial charge in [0, 0.05) is 19.6 Å². The van der Waals surface area contributed by atoms with Gasteiger partial charge in [0.2, 0.25) is 0 Å². The lowest BCUT2D eigenvalue weighted by Gasteiger charge is -2.14. The molecule has 26 heavy (non-hydrogen) atoms. The van der Waals surface area contributed by atoms with E-state index in [1.165, 1.54) is 5.56 Å².